The molecule has 0 amide bonds. The zero-order valence-corrected chi connectivity index (χ0v) is 14.2. The summed E-state index contributed by atoms with van der Waals surface area (Å²) in [5, 5.41) is 3.40. The summed E-state index contributed by atoms with van der Waals surface area (Å²) in [6.07, 6.45) is 0. The predicted octanol–water partition coefficient (Wildman–Crippen LogP) is 4.59. The van der Waals surface area contributed by atoms with Crippen molar-refractivity contribution < 1.29 is 14.3 Å². The number of aromatic nitrogens is 1. The van der Waals surface area contributed by atoms with E-state index in [2.05, 4.69) is 4.98 Å². The van der Waals surface area contributed by atoms with Gasteiger partial charge in [-0.1, -0.05) is 41.9 Å². The topological polar surface area (TPSA) is 48.4 Å². The van der Waals surface area contributed by atoms with Crippen LogP contribution in [0.2, 0.25) is 5.02 Å². The van der Waals surface area contributed by atoms with Crippen molar-refractivity contribution in [1.29, 1.82) is 0 Å². The van der Waals surface area contributed by atoms with E-state index in [9.17, 15) is 4.79 Å². The Morgan fingerprint density at radius 2 is 1.83 bits per heavy atom. The molecule has 4 nitrogen and oxygen atoms in total. The summed E-state index contributed by atoms with van der Waals surface area (Å²) in [5.74, 6) is 0.121. The number of rotatable bonds is 6. The summed E-state index contributed by atoms with van der Waals surface area (Å²) in [6.45, 7) is -0.0243. The van der Waals surface area contributed by atoms with Gasteiger partial charge < -0.3 is 9.47 Å². The van der Waals surface area contributed by atoms with Crippen LogP contribution in [-0.4, -0.2) is 17.6 Å². The molecule has 0 saturated heterocycles. The lowest BCUT2D eigenvalue weighted by Gasteiger charge is -2.06. The predicted molar refractivity (Wildman–Crippen MR) is 94.3 cm³/mol. The fraction of sp³-hybridized carbons (Fsp3) is 0.111. The van der Waals surface area contributed by atoms with Crippen LogP contribution in [0.15, 0.2) is 60.0 Å². The summed E-state index contributed by atoms with van der Waals surface area (Å²) >= 11 is 7.30. The highest BCUT2D eigenvalue weighted by atomic mass is 35.5. The number of nitrogens with zero attached hydrogens (tertiary/aromatic N) is 1. The highest BCUT2D eigenvalue weighted by molar-refractivity contribution is 7.13. The van der Waals surface area contributed by atoms with Gasteiger partial charge in [0.25, 0.3) is 0 Å². The number of esters is 1. The lowest BCUT2D eigenvalue weighted by molar-refractivity contribution is -0.147. The Hall–Kier alpha value is -2.37. The fourth-order valence-corrected chi connectivity index (χ4v) is 2.89. The smallest absolute Gasteiger partial charge is 0.344 e. The van der Waals surface area contributed by atoms with Gasteiger partial charge in [-0.05, 0) is 24.3 Å². The maximum Gasteiger partial charge on any atom is 0.344 e. The monoisotopic (exact) mass is 359 g/mol. The number of thiazole rings is 1. The molecule has 0 atom stereocenters. The molecule has 0 spiro atoms. The molecule has 2 aromatic carbocycles. The second kappa shape index (κ2) is 7.95. The number of hydrogen-bond acceptors (Lipinski definition) is 5. The van der Waals surface area contributed by atoms with Crippen molar-refractivity contribution in [2.75, 3.05) is 6.61 Å². The van der Waals surface area contributed by atoms with E-state index in [0.717, 1.165) is 16.3 Å². The van der Waals surface area contributed by atoms with Crippen molar-refractivity contribution in [3.8, 4) is 16.3 Å². The molecule has 0 bridgehead atoms. The quantitative estimate of drug-likeness (QED) is 0.604. The maximum absolute atomic E-state index is 11.7. The van der Waals surface area contributed by atoms with Crippen LogP contribution in [-0.2, 0) is 16.1 Å². The first-order valence-corrected chi connectivity index (χ1v) is 8.50. The van der Waals surface area contributed by atoms with E-state index >= 15 is 0 Å². The molecule has 3 rings (SSSR count). The second-order valence-electron chi connectivity index (χ2n) is 4.91. The minimum atomic E-state index is -0.445. The average molecular weight is 360 g/mol. The summed E-state index contributed by atoms with van der Waals surface area (Å²) < 4.78 is 10.5. The minimum Gasteiger partial charge on any atom is -0.482 e. The van der Waals surface area contributed by atoms with Crippen LogP contribution >= 0.6 is 22.9 Å². The molecule has 0 radical (unpaired) electrons. The third-order valence-electron chi connectivity index (χ3n) is 3.12. The van der Waals surface area contributed by atoms with Crippen LogP contribution < -0.4 is 4.74 Å². The number of ether oxygens (including phenoxy) is 2. The number of carbonyl (C=O) groups excluding carboxylic acids is 1. The molecule has 0 aliphatic heterocycles. The van der Waals surface area contributed by atoms with Gasteiger partial charge >= 0.3 is 5.97 Å². The van der Waals surface area contributed by atoms with E-state index in [-0.39, 0.29) is 13.2 Å². The molecule has 24 heavy (non-hydrogen) atoms. The highest BCUT2D eigenvalue weighted by Crippen LogP contribution is 2.23. The molecule has 0 saturated carbocycles. The molecule has 0 unspecified atom stereocenters. The summed E-state index contributed by atoms with van der Waals surface area (Å²) in [7, 11) is 0. The summed E-state index contributed by atoms with van der Waals surface area (Å²) in [6, 6.07) is 16.7. The van der Waals surface area contributed by atoms with Crippen LogP contribution in [0.5, 0.6) is 5.75 Å². The first-order chi connectivity index (χ1) is 11.7. The van der Waals surface area contributed by atoms with Crippen molar-refractivity contribution in [2.45, 2.75) is 6.61 Å². The van der Waals surface area contributed by atoms with Gasteiger partial charge in [-0.25, -0.2) is 9.78 Å². The Kier molecular flexibility index (Phi) is 5.46. The first kappa shape index (κ1) is 16.5. The Bertz CT molecular complexity index is 803. The largest absolute Gasteiger partial charge is 0.482 e. The second-order valence-corrected chi connectivity index (χ2v) is 6.21. The Morgan fingerprint density at radius 1 is 1.08 bits per heavy atom. The van der Waals surface area contributed by atoms with E-state index in [4.69, 9.17) is 21.1 Å². The van der Waals surface area contributed by atoms with E-state index < -0.39 is 5.97 Å². The van der Waals surface area contributed by atoms with Gasteiger partial charge in [0.15, 0.2) is 6.61 Å². The van der Waals surface area contributed by atoms with Crippen LogP contribution in [0.25, 0.3) is 10.6 Å². The lowest BCUT2D eigenvalue weighted by atomic mass is 10.2. The van der Waals surface area contributed by atoms with Gasteiger partial charge in [0.05, 0.1) is 5.69 Å². The summed E-state index contributed by atoms with van der Waals surface area (Å²) in [5.41, 5.74) is 1.77. The molecule has 0 N–H and O–H groups in total. The molecule has 3 aromatic rings. The average Bonchev–Trinajstić information content (AvgIpc) is 3.09. The number of carbonyl (C=O) groups is 1. The van der Waals surface area contributed by atoms with E-state index in [1.807, 2.05) is 35.7 Å². The number of hydrogen-bond donors (Lipinski definition) is 0. The number of benzene rings is 2. The SMILES string of the molecule is O=C(COc1ccc(Cl)cc1)OCc1csc(-c2ccccc2)n1. The third kappa shape index (κ3) is 4.57. The fourth-order valence-electron chi connectivity index (χ4n) is 1.96. The first-order valence-electron chi connectivity index (χ1n) is 7.24. The molecular weight excluding hydrogens is 346 g/mol. The Balaban J connectivity index is 1.48. The van der Waals surface area contributed by atoms with Gasteiger partial charge in [-0.3, -0.25) is 0 Å². The van der Waals surface area contributed by atoms with Gasteiger partial charge in [-0.15, -0.1) is 11.3 Å². The van der Waals surface area contributed by atoms with E-state index in [0.29, 0.717) is 10.8 Å². The molecule has 122 valence electrons. The zero-order chi connectivity index (χ0) is 16.8. The molecule has 1 aromatic heterocycles. The molecule has 0 aliphatic rings. The van der Waals surface area contributed by atoms with Gasteiger partial charge in [0, 0.05) is 16.0 Å². The molecule has 0 fully saturated rings. The Morgan fingerprint density at radius 3 is 2.58 bits per heavy atom. The van der Waals surface area contributed by atoms with Crippen LogP contribution in [0, 0.1) is 0 Å². The molecule has 0 aliphatic carbocycles. The maximum atomic E-state index is 11.7. The van der Waals surface area contributed by atoms with Crippen molar-refractivity contribution in [1.82, 2.24) is 4.98 Å². The minimum absolute atomic E-state index is 0.131. The standard InChI is InChI=1S/C18H14ClNO3S/c19-14-6-8-16(9-7-14)22-11-17(21)23-10-15-12-24-18(20-15)13-4-2-1-3-5-13/h1-9,12H,10-11H2. The van der Waals surface area contributed by atoms with Crippen LogP contribution in [0.4, 0.5) is 0 Å². The molecule has 1 heterocycles. The number of halogens is 1. The van der Waals surface area contributed by atoms with Crippen molar-refractivity contribution in [2.24, 2.45) is 0 Å². The van der Waals surface area contributed by atoms with Crippen LogP contribution in [0.3, 0.4) is 0 Å². The van der Waals surface area contributed by atoms with E-state index in [1.54, 1.807) is 24.3 Å². The van der Waals surface area contributed by atoms with Crippen molar-refractivity contribution >= 4 is 28.9 Å². The summed E-state index contributed by atoms with van der Waals surface area (Å²) in [4.78, 5) is 16.2. The lowest BCUT2D eigenvalue weighted by Crippen LogP contribution is -2.14. The highest BCUT2D eigenvalue weighted by Gasteiger charge is 2.08. The normalized spacial score (nSPS) is 10.4. The van der Waals surface area contributed by atoms with Gasteiger partial charge in [0.2, 0.25) is 0 Å². The molecule has 6 heteroatoms. The zero-order valence-electron chi connectivity index (χ0n) is 12.6. The van der Waals surface area contributed by atoms with Gasteiger partial charge in [-0.2, -0.15) is 0 Å². The van der Waals surface area contributed by atoms with E-state index in [1.165, 1.54) is 11.3 Å². The Labute approximate surface area is 148 Å². The van der Waals surface area contributed by atoms with Gasteiger partial charge in [0.1, 0.15) is 17.4 Å². The van der Waals surface area contributed by atoms with Crippen LogP contribution in [0.1, 0.15) is 5.69 Å². The third-order valence-corrected chi connectivity index (χ3v) is 4.32. The van der Waals surface area contributed by atoms with Crippen molar-refractivity contribution in [3.05, 3.63) is 70.7 Å². The molecular formula is C18H14ClNO3S. The van der Waals surface area contributed by atoms with Crippen molar-refractivity contribution in [3.63, 3.8) is 0 Å².